The molecule has 7 nitrogen and oxygen atoms in total. The molecule has 1 heterocycles. The van der Waals surface area contributed by atoms with E-state index in [0.29, 0.717) is 30.4 Å². The summed E-state index contributed by atoms with van der Waals surface area (Å²) in [5, 5.41) is 31.3. The molecule has 2 aliphatic rings. The van der Waals surface area contributed by atoms with Gasteiger partial charge < -0.3 is 20.1 Å². The molecule has 1 aromatic carbocycles. The molecule has 32 heavy (non-hydrogen) atoms. The number of benzene rings is 1. The number of likely N-dealkylation sites (tertiary alicyclic amines) is 1. The second-order valence-electron chi connectivity index (χ2n) is 8.60. The van der Waals surface area contributed by atoms with Gasteiger partial charge in [-0.05, 0) is 55.5 Å². The van der Waals surface area contributed by atoms with Crippen LogP contribution in [0.3, 0.4) is 0 Å². The Morgan fingerprint density at radius 2 is 2.06 bits per heavy atom. The van der Waals surface area contributed by atoms with Gasteiger partial charge in [0.25, 0.3) is 0 Å². The second kappa shape index (κ2) is 10.3. The molecule has 1 aromatic rings. The molecule has 0 unspecified atom stereocenters. The minimum Gasteiger partial charge on any atom is -0.507 e. The van der Waals surface area contributed by atoms with E-state index < -0.39 is 23.9 Å². The van der Waals surface area contributed by atoms with Crippen molar-refractivity contribution in [2.24, 2.45) is 17.8 Å². The van der Waals surface area contributed by atoms with E-state index in [9.17, 15) is 24.9 Å². The Labute approximate surface area is 196 Å². The lowest BCUT2D eigenvalue weighted by molar-refractivity contribution is -0.138. The van der Waals surface area contributed by atoms with Gasteiger partial charge in [-0.25, -0.2) is 0 Å². The summed E-state index contributed by atoms with van der Waals surface area (Å²) in [4.78, 5) is 26.4. The van der Waals surface area contributed by atoms with E-state index in [1.807, 2.05) is 19.1 Å². The predicted octanol–water partition coefficient (Wildman–Crippen LogP) is 2.89. The van der Waals surface area contributed by atoms with Crippen molar-refractivity contribution >= 4 is 33.8 Å². The van der Waals surface area contributed by atoms with Crippen LogP contribution in [-0.2, 0) is 14.3 Å². The van der Waals surface area contributed by atoms with E-state index in [1.54, 1.807) is 19.2 Å². The topological polar surface area (TPSA) is 107 Å². The first-order valence-electron chi connectivity index (χ1n) is 10.7. The van der Waals surface area contributed by atoms with Gasteiger partial charge in [0.05, 0.1) is 31.2 Å². The fourth-order valence-corrected chi connectivity index (χ4v) is 5.30. The van der Waals surface area contributed by atoms with Crippen LogP contribution in [0.2, 0.25) is 0 Å². The van der Waals surface area contributed by atoms with Gasteiger partial charge in [0.15, 0.2) is 0 Å². The van der Waals surface area contributed by atoms with Gasteiger partial charge in [-0.15, -0.1) is 0 Å². The molecule has 0 aromatic heterocycles. The van der Waals surface area contributed by atoms with Gasteiger partial charge in [-0.3, -0.25) is 14.5 Å². The quantitative estimate of drug-likeness (QED) is 0.368. The number of aliphatic hydroxyl groups excluding tert-OH is 2. The minimum absolute atomic E-state index is 0.172. The molecule has 8 heteroatoms. The zero-order valence-corrected chi connectivity index (χ0v) is 20.1. The molecule has 3 rings (SSSR count). The number of halogens is 1. The molecule has 0 radical (unpaired) electrons. The number of phenolic OH excluding ortho intramolecular Hbond substituents is 1. The van der Waals surface area contributed by atoms with Crippen molar-refractivity contribution in [3.05, 3.63) is 45.0 Å². The van der Waals surface area contributed by atoms with Crippen LogP contribution >= 0.6 is 15.9 Å². The zero-order chi connectivity index (χ0) is 23.6. The number of fused-ring (bicyclic) bond motifs is 1. The molecule has 1 aliphatic heterocycles. The smallest absolute Gasteiger partial charge is 0.233 e. The number of carbonyl (C=O) groups is 2. The van der Waals surface area contributed by atoms with Crippen LogP contribution in [0.5, 0.6) is 5.75 Å². The third kappa shape index (κ3) is 4.83. The number of hydrogen-bond acceptors (Lipinski definition) is 6. The van der Waals surface area contributed by atoms with Crippen molar-refractivity contribution in [2.75, 3.05) is 27.4 Å². The number of allylic oxidation sites excluding steroid dienone is 1. The summed E-state index contributed by atoms with van der Waals surface area (Å²) < 4.78 is 6.17. The minimum atomic E-state index is -0.883. The third-order valence-electron chi connectivity index (χ3n) is 6.48. The van der Waals surface area contributed by atoms with Crippen molar-refractivity contribution in [3.8, 4) is 5.75 Å². The van der Waals surface area contributed by atoms with E-state index in [4.69, 9.17) is 4.74 Å². The predicted molar refractivity (Wildman–Crippen MR) is 124 cm³/mol. The first-order valence-corrected chi connectivity index (χ1v) is 11.5. The average molecular weight is 508 g/mol. The van der Waals surface area contributed by atoms with Crippen molar-refractivity contribution in [1.82, 2.24) is 4.90 Å². The lowest BCUT2D eigenvalue weighted by Gasteiger charge is -2.36. The number of aliphatic hydroxyl groups is 2. The molecular weight excluding hydrogens is 478 g/mol. The summed E-state index contributed by atoms with van der Waals surface area (Å²) in [7, 11) is 3.01. The van der Waals surface area contributed by atoms with Crippen molar-refractivity contribution in [1.29, 1.82) is 0 Å². The Balaban J connectivity index is 1.83. The fourth-order valence-electron chi connectivity index (χ4n) is 4.92. The molecule has 4 atom stereocenters. The van der Waals surface area contributed by atoms with Crippen LogP contribution in [0.1, 0.15) is 31.7 Å². The van der Waals surface area contributed by atoms with Crippen molar-refractivity contribution in [2.45, 2.75) is 32.3 Å². The third-order valence-corrected chi connectivity index (χ3v) is 6.98. The lowest BCUT2D eigenvalue weighted by atomic mass is 9.68. The van der Waals surface area contributed by atoms with Gasteiger partial charge in [0.1, 0.15) is 5.75 Å². The Kier molecular flexibility index (Phi) is 7.92. The molecule has 3 N–H and O–H groups in total. The number of ether oxygens (including phenoxy) is 1. The Hall–Kier alpha value is -2.00. The van der Waals surface area contributed by atoms with Crippen LogP contribution in [0.4, 0.5) is 0 Å². The number of hydrogen-bond donors (Lipinski definition) is 3. The molecule has 0 saturated carbocycles. The van der Waals surface area contributed by atoms with E-state index in [-0.39, 0.29) is 30.8 Å². The first-order chi connectivity index (χ1) is 15.2. The molecule has 2 amide bonds. The molecule has 0 spiro atoms. The lowest BCUT2D eigenvalue weighted by Crippen LogP contribution is -2.39. The number of phenols is 1. The Bertz CT molecular complexity index is 956. The van der Waals surface area contributed by atoms with Gasteiger partial charge >= 0.3 is 0 Å². The Morgan fingerprint density at radius 3 is 2.72 bits per heavy atom. The second-order valence-corrected chi connectivity index (χ2v) is 9.52. The largest absolute Gasteiger partial charge is 0.507 e. The van der Waals surface area contributed by atoms with Gasteiger partial charge in [0, 0.05) is 30.1 Å². The number of aromatic hydroxyl groups is 1. The maximum atomic E-state index is 12.7. The summed E-state index contributed by atoms with van der Waals surface area (Å²) >= 11 is 3.40. The van der Waals surface area contributed by atoms with Crippen LogP contribution in [0, 0.1) is 17.8 Å². The highest BCUT2D eigenvalue weighted by molar-refractivity contribution is 9.10. The molecule has 0 bridgehead atoms. The number of methoxy groups -OCH3 is 1. The number of carbonyl (C=O) groups excluding carboxylic acids is 2. The van der Waals surface area contributed by atoms with Crippen LogP contribution in [-0.4, -0.2) is 65.5 Å². The highest BCUT2D eigenvalue weighted by Crippen LogP contribution is 2.45. The van der Waals surface area contributed by atoms with E-state index in [0.717, 1.165) is 20.5 Å². The molecule has 1 aliphatic carbocycles. The van der Waals surface area contributed by atoms with Crippen LogP contribution in [0.25, 0.3) is 6.08 Å². The summed E-state index contributed by atoms with van der Waals surface area (Å²) in [6.07, 6.45) is 2.26. The average Bonchev–Trinajstić information content (AvgIpc) is 2.97. The highest BCUT2D eigenvalue weighted by Gasteiger charge is 2.53. The highest BCUT2D eigenvalue weighted by atomic mass is 79.9. The normalized spacial score (nSPS) is 24.9. The summed E-state index contributed by atoms with van der Waals surface area (Å²) in [6.45, 7) is 1.83. The molecular formula is C24H30BrNO6. The summed E-state index contributed by atoms with van der Waals surface area (Å²) in [5.41, 5.74) is 3.04. The van der Waals surface area contributed by atoms with Crippen LogP contribution < -0.4 is 0 Å². The number of rotatable bonds is 8. The number of imide groups is 1. The van der Waals surface area contributed by atoms with E-state index >= 15 is 0 Å². The number of nitrogens with zero attached hydrogens (tertiary/aromatic N) is 1. The van der Waals surface area contributed by atoms with E-state index in [2.05, 4.69) is 15.9 Å². The maximum absolute atomic E-state index is 12.7. The first kappa shape index (κ1) is 24.6. The SMILES string of the molecule is COCC1=C([C@H](O)CC/C(C)=C/c2cc(Br)ccc2O)[C@H](CO)[C@@H]2C(=O)N(C)C(=O)[C@@H]2C1. The van der Waals surface area contributed by atoms with Crippen molar-refractivity contribution in [3.63, 3.8) is 0 Å². The molecule has 1 saturated heterocycles. The van der Waals surface area contributed by atoms with E-state index in [1.165, 1.54) is 7.05 Å². The standard InChI is InChI=1S/C24H30BrNO6/c1-13(8-14-9-16(25)5-7-19(14)28)4-6-20(29)21-15(12-32-3)10-17-22(18(21)11-27)24(31)26(2)23(17)30/h5,7-9,17-18,20,22,27-29H,4,6,10-12H2,1-3H3/b13-8+/t17-,18+,20-,22-/m1/s1. The summed E-state index contributed by atoms with van der Waals surface area (Å²) in [5.74, 6) is -2.17. The van der Waals surface area contributed by atoms with Gasteiger partial charge in [-0.2, -0.15) is 0 Å². The summed E-state index contributed by atoms with van der Waals surface area (Å²) in [6, 6.07) is 5.19. The fraction of sp³-hybridized carbons (Fsp3) is 0.500. The van der Waals surface area contributed by atoms with Crippen LogP contribution in [0.15, 0.2) is 39.4 Å². The Morgan fingerprint density at radius 1 is 1.34 bits per heavy atom. The molecule has 1 fully saturated rings. The molecule has 174 valence electrons. The van der Waals surface area contributed by atoms with Gasteiger partial charge in [-0.1, -0.05) is 27.6 Å². The number of amides is 2. The zero-order valence-electron chi connectivity index (χ0n) is 18.5. The van der Waals surface area contributed by atoms with Crippen molar-refractivity contribution < 1.29 is 29.6 Å². The maximum Gasteiger partial charge on any atom is 0.233 e. The monoisotopic (exact) mass is 507 g/mol. The van der Waals surface area contributed by atoms with Gasteiger partial charge in [0.2, 0.25) is 11.8 Å².